The molecule has 0 bridgehead atoms. The first-order valence-electron chi connectivity index (χ1n) is 5.96. The highest BCUT2D eigenvalue weighted by Gasteiger charge is 2.12. The van der Waals surface area contributed by atoms with Gasteiger partial charge in [0.15, 0.2) is 5.58 Å². The van der Waals surface area contributed by atoms with Crippen LogP contribution in [-0.4, -0.2) is 41.4 Å². The molecule has 1 aromatic carbocycles. The number of nitrogens with one attached hydrogen (secondary N) is 1. The Kier molecular flexibility index (Phi) is 3.83. The van der Waals surface area contributed by atoms with Crippen LogP contribution in [0.5, 0.6) is 0 Å². The minimum atomic E-state index is -0.495. The number of hydrogen-bond acceptors (Lipinski definition) is 6. The van der Waals surface area contributed by atoms with E-state index in [1.165, 1.54) is 23.1 Å². The number of fused-ring (bicyclic) bond motifs is 1. The molecule has 1 amide bonds. The van der Waals surface area contributed by atoms with E-state index in [0.717, 1.165) is 0 Å². The highest BCUT2D eigenvalue weighted by Crippen LogP contribution is 2.23. The van der Waals surface area contributed by atoms with E-state index in [9.17, 15) is 14.9 Å². The average molecular weight is 278 g/mol. The van der Waals surface area contributed by atoms with Crippen molar-refractivity contribution in [2.45, 2.75) is 6.42 Å². The molecule has 0 radical (unpaired) electrons. The summed E-state index contributed by atoms with van der Waals surface area (Å²) in [5, 5.41) is 13.5. The maximum atomic E-state index is 11.4. The van der Waals surface area contributed by atoms with Crippen LogP contribution >= 0.6 is 0 Å². The first-order valence-corrected chi connectivity index (χ1v) is 5.96. The summed E-state index contributed by atoms with van der Waals surface area (Å²) in [4.78, 5) is 27.2. The van der Waals surface area contributed by atoms with Crippen LogP contribution in [0.1, 0.15) is 6.42 Å². The predicted octanol–water partition coefficient (Wildman–Crippen LogP) is 1.63. The Morgan fingerprint density at radius 2 is 2.25 bits per heavy atom. The van der Waals surface area contributed by atoms with Gasteiger partial charge in [-0.3, -0.25) is 14.9 Å². The molecule has 0 saturated heterocycles. The number of rotatable bonds is 5. The SMILES string of the molecule is CN(C)C(=O)CCNc1nc2ccc([N+](=O)[O-])cc2o1. The predicted molar refractivity (Wildman–Crippen MR) is 72.5 cm³/mol. The first-order chi connectivity index (χ1) is 9.47. The molecule has 0 aliphatic carbocycles. The topological polar surface area (TPSA) is 102 Å². The van der Waals surface area contributed by atoms with Gasteiger partial charge in [-0.25, -0.2) is 0 Å². The molecule has 0 fully saturated rings. The molecule has 0 aliphatic heterocycles. The standard InChI is InChI=1S/C12H14N4O4/c1-15(2)11(17)5-6-13-12-14-9-4-3-8(16(18)19)7-10(9)20-12/h3-4,7H,5-6H2,1-2H3,(H,13,14). The van der Waals surface area contributed by atoms with Crippen molar-refractivity contribution < 1.29 is 14.1 Å². The molecule has 0 spiro atoms. The summed E-state index contributed by atoms with van der Waals surface area (Å²) >= 11 is 0. The van der Waals surface area contributed by atoms with Crippen LogP contribution in [0.3, 0.4) is 0 Å². The Morgan fingerprint density at radius 1 is 1.50 bits per heavy atom. The number of oxazole rings is 1. The van der Waals surface area contributed by atoms with Gasteiger partial charge in [0.2, 0.25) is 5.91 Å². The number of benzene rings is 1. The number of nitro benzene ring substituents is 1. The molecular weight excluding hydrogens is 264 g/mol. The van der Waals surface area contributed by atoms with Crippen LogP contribution in [0.4, 0.5) is 11.7 Å². The lowest BCUT2D eigenvalue weighted by atomic mass is 10.3. The summed E-state index contributed by atoms with van der Waals surface area (Å²) in [7, 11) is 3.36. The quantitative estimate of drug-likeness (QED) is 0.658. The Bertz CT molecular complexity index is 650. The van der Waals surface area contributed by atoms with Crippen molar-refractivity contribution in [3.63, 3.8) is 0 Å². The summed E-state index contributed by atoms with van der Waals surface area (Å²) in [5.41, 5.74) is 0.806. The maximum absolute atomic E-state index is 11.4. The zero-order valence-electron chi connectivity index (χ0n) is 11.1. The van der Waals surface area contributed by atoms with Gasteiger partial charge in [0.1, 0.15) is 5.52 Å². The normalized spacial score (nSPS) is 10.5. The third-order valence-corrected chi connectivity index (χ3v) is 2.70. The highest BCUT2D eigenvalue weighted by atomic mass is 16.6. The number of carbonyl (C=O) groups excluding carboxylic acids is 1. The third-order valence-electron chi connectivity index (χ3n) is 2.70. The lowest BCUT2D eigenvalue weighted by Crippen LogP contribution is -2.23. The molecule has 0 atom stereocenters. The summed E-state index contributed by atoms with van der Waals surface area (Å²) in [5.74, 6) is -0.00995. The highest BCUT2D eigenvalue weighted by molar-refractivity contribution is 5.77. The molecule has 2 rings (SSSR count). The molecule has 0 saturated carbocycles. The average Bonchev–Trinajstić information content (AvgIpc) is 2.79. The molecule has 20 heavy (non-hydrogen) atoms. The number of aromatic nitrogens is 1. The van der Waals surface area contributed by atoms with E-state index in [2.05, 4.69) is 10.3 Å². The van der Waals surface area contributed by atoms with E-state index in [1.807, 2.05) is 0 Å². The van der Waals surface area contributed by atoms with E-state index < -0.39 is 4.92 Å². The molecule has 0 aliphatic rings. The van der Waals surface area contributed by atoms with Crippen molar-refractivity contribution in [3.05, 3.63) is 28.3 Å². The van der Waals surface area contributed by atoms with Crippen molar-refractivity contribution in [1.82, 2.24) is 9.88 Å². The van der Waals surface area contributed by atoms with Crippen LogP contribution in [0.15, 0.2) is 22.6 Å². The lowest BCUT2D eigenvalue weighted by Gasteiger charge is -2.09. The fourth-order valence-corrected chi connectivity index (χ4v) is 1.60. The Balaban J connectivity index is 2.05. The van der Waals surface area contributed by atoms with Crippen molar-refractivity contribution in [2.24, 2.45) is 0 Å². The summed E-state index contributed by atoms with van der Waals surface area (Å²) < 4.78 is 5.35. The van der Waals surface area contributed by atoms with Crippen LogP contribution in [0.25, 0.3) is 11.1 Å². The minimum Gasteiger partial charge on any atom is -0.423 e. The van der Waals surface area contributed by atoms with Crippen molar-refractivity contribution in [2.75, 3.05) is 26.0 Å². The van der Waals surface area contributed by atoms with Gasteiger partial charge >= 0.3 is 0 Å². The van der Waals surface area contributed by atoms with Crippen LogP contribution in [-0.2, 0) is 4.79 Å². The largest absolute Gasteiger partial charge is 0.423 e. The summed E-state index contributed by atoms with van der Waals surface area (Å²) in [6.07, 6.45) is 0.311. The van der Waals surface area contributed by atoms with Crippen molar-refractivity contribution in [1.29, 1.82) is 0 Å². The first kappa shape index (κ1) is 13.8. The molecule has 1 heterocycles. The summed E-state index contributed by atoms with van der Waals surface area (Å²) in [6.45, 7) is 0.381. The van der Waals surface area contributed by atoms with E-state index in [0.29, 0.717) is 24.1 Å². The van der Waals surface area contributed by atoms with Gasteiger partial charge in [0, 0.05) is 33.1 Å². The van der Waals surface area contributed by atoms with Crippen molar-refractivity contribution in [3.8, 4) is 0 Å². The Labute approximate surface area is 114 Å². The number of carbonyl (C=O) groups is 1. The number of non-ortho nitro benzene ring substituents is 1. The molecule has 106 valence electrons. The van der Waals surface area contributed by atoms with Gasteiger partial charge in [-0.05, 0) is 6.07 Å². The van der Waals surface area contributed by atoms with Gasteiger partial charge < -0.3 is 14.6 Å². The minimum absolute atomic E-state index is 0.00995. The fraction of sp³-hybridized carbons (Fsp3) is 0.333. The zero-order chi connectivity index (χ0) is 14.7. The summed E-state index contributed by atoms with van der Waals surface area (Å²) in [6, 6.07) is 4.45. The number of nitrogens with zero attached hydrogens (tertiary/aromatic N) is 3. The fourth-order valence-electron chi connectivity index (χ4n) is 1.60. The Morgan fingerprint density at radius 3 is 2.90 bits per heavy atom. The van der Waals surface area contributed by atoms with Gasteiger partial charge in [0.25, 0.3) is 11.7 Å². The van der Waals surface area contributed by atoms with Gasteiger partial charge in [-0.1, -0.05) is 0 Å². The van der Waals surface area contributed by atoms with Crippen molar-refractivity contribution >= 4 is 28.7 Å². The number of nitro groups is 1. The third kappa shape index (κ3) is 3.02. The van der Waals surface area contributed by atoms with Gasteiger partial charge in [0.05, 0.1) is 11.0 Å². The maximum Gasteiger partial charge on any atom is 0.295 e. The molecule has 1 N–H and O–H groups in total. The number of hydrogen-bond donors (Lipinski definition) is 1. The zero-order valence-corrected chi connectivity index (χ0v) is 11.1. The van der Waals surface area contributed by atoms with Crippen LogP contribution in [0.2, 0.25) is 0 Å². The molecule has 8 heteroatoms. The van der Waals surface area contributed by atoms with Gasteiger partial charge in [-0.2, -0.15) is 4.98 Å². The van der Waals surface area contributed by atoms with E-state index in [4.69, 9.17) is 4.42 Å². The monoisotopic (exact) mass is 278 g/mol. The molecule has 8 nitrogen and oxygen atoms in total. The molecular formula is C12H14N4O4. The van der Waals surface area contributed by atoms with Gasteiger partial charge in [-0.15, -0.1) is 0 Å². The second kappa shape index (κ2) is 5.55. The molecule has 0 unspecified atom stereocenters. The second-order valence-electron chi connectivity index (χ2n) is 4.39. The van der Waals surface area contributed by atoms with E-state index >= 15 is 0 Å². The Hall–Kier alpha value is -2.64. The lowest BCUT2D eigenvalue weighted by molar-refractivity contribution is -0.384. The van der Waals surface area contributed by atoms with E-state index in [1.54, 1.807) is 14.1 Å². The second-order valence-corrected chi connectivity index (χ2v) is 4.39. The number of anilines is 1. The van der Waals surface area contributed by atoms with Crippen LogP contribution in [0, 0.1) is 10.1 Å². The molecule has 2 aromatic rings. The van der Waals surface area contributed by atoms with E-state index in [-0.39, 0.29) is 17.6 Å². The number of amides is 1. The van der Waals surface area contributed by atoms with Crippen LogP contribution < -0.4 is 5.32 Å². The molecule has 1 aromatic heterocycles. The smallest absolute Gasteiger partial charge is 0.295 e.